The first-order valence-corrected chi connectivity index (χ1v) is 4.79. The molecule has 0 aliphatic heterocycles. The molecule has 0 radical (unpaired) electrons. The standard InChI is InChI=1S/C10H10ClN3O/c1-14-9(12-10(11)13-14)7-4-3-5-8(6-7)15-2/h3-6H,1-2H3. The average molecular weight is 224 g/mol. The van der Waals surface area contributed by atoms with Gasteiger partial charge in [-0.2, -0.15) is 4.98 Å². The minimum atomic E-state index is 0.246. The molecule has 0 aliphatic carbocycles. The summed E-state index contributed by atoms with van der Waals surface area (Å²) < 4.78 is 6.77. The van der Waals surface area contributed by atoms with Crippen molar-refractivity contribution in [2.24, 2.45) is 7.05 Å². The van der Waals surface area contributed by atoms with Crippen LogP contribution in [-0.4, -0.2) is 21.9 Å². The molecular formula is C10H10ClN3O. The molecule has 15 heavy (non-hydrogen) atoms. The summed E-state index contributed by atoms with van der Waals surface area (Å²) >= 11 is 5.71. The predicted molar refractivity (Wildman–Crippen MR) is 58.0 cm³/mol. The highest BCUT2D eigenvalue weighted by atomic mass is 35.5. The first kappa shape index (κ1) is 9.98. The second-order valence-corrected chi connectivity index (χ2v) is 3.40. The van der Waals surface area contributed by atoms with E-state index >= 15 is 0 Å². The molecule has 0 bridgehead atoms. The van der Waals surface area contributed by atoms with E-state index in [0.29, 0.717) is 0 Å². The average Bonchev–Trinajstić information content (AvgIpc) is 2.58. The summed E-state index contributed by atoms with van der Waals surface area (Å²) in [6.45, 7) is 0. The molecule has 0 amide bonds. The number of halogens is 1. The summed E-state index contributed by atoms with van der Waals surface area (Å²) in [6, 6.07) is 7.60. The van der Waals surface area contributed by atoms with Crippen molar-refractivity contribution in [1.82, 2.24) is 14.8 Å². The summed E-state index contributed by atoms with van der Waals surface area (Å²) in [6.07, 6.45) is 0. The predicted octanol–water partition coefficient (Wildman–Crippen LogP) is 2.14. The van der Waals surface area contributed by atoms with E-state index in [1.165, 1.54) is 0 Å². The van der Waals surface area contributed by atoms with Gasteiger partial charge in [-0.1, -0.05) is 12.1 Å². The van der Waals surface area contributed by atoms with E-state index in [1.807, 2.05) is 24.3 Å². The van der Waals surface area contributed by atoms with Gasteiger partial charge in [-0.3, -0.25) is 0 Å². The zero-order chi connectivity index (χ0) is 10.8. The van der Waals surface area contributed by atoms with Gasteiger partial charge in [0, 0.05) is 12.6 Å². The van der Waals surface area contributed by atoms with E-state index in [0.717, 1.165) is 17.1 Å². The highest BCUT2D eigenvalue weighted by Crippen LogP contribution is 2.22. The van der Waals surface area contributed by atoms with E-state index in [-0.39, 0.29) is 5.28 Å². The Hall–Kier alpha value is -1.55. The summed E-state index contributed by atoms with van der Waals surface area (Å²) in [5, 5.41) is 4.22. The molecule has 1 aromatic carbocycles. The van der Waals surface area contributed by atoms with Gasteiger partial charge in [0.1, 0.15) is 5.75 Å². The summed E-state index contributed by atoms with van der Waals surface area (Å²) in [7, 11) is 3.43. The van der Waals surface area contributed by atoms with Crippen LogP contribution in [0.1, 0.15) is 0 Å². The highest BCUT2D eigenvalue weighted by molar-refractivity contribution is 6.28. The van der Waals surface area contributed by atoms with Crippen molar-refractivity contribution >= 4 is 11.6 Å². The lowest BCUT2D eigenvalue weighted by Gasteiger charge is -2.02. The molecule has 5 heteroatoms. The van der Waals surface area contributed by atoms with Crippen LogP contribution in [0.25, 0.3) is 11.4 Å². The maximum absolute atomic E-state index is 5.71. The van der Waals surface area contributed by atoms with Gasteiger partial charge in [0.05, 0.1) is 7.11 Å². The Labute approximate surface area is 92.5 Å². The number of nitrogens with zero attached hydrogens (tertiary/aromatic N) is 3. The lowest BCUT2D eigenvalue weighted by Crippen LogP contribution is -1.94. The lowest BCUT2D eigenvalue weighted by atomic mass is 10.2. The highest BCUT2D eigenvalue weighted by Gasteiger charge is 2.08. The Balaban J connectivity index is 2.49. The van der Waals surface area contributed by atoms with E-state index in [2.05, 4.69) is 10.1 Å². The molecule has 0 aliphatic rings. The fourth-order valence-corrected chi connectivity index (χ4v) is 1.56. The molecule has 2 rings (SSSR count). The van der Waals surface area contributed by atoms with Crippen molar-refractivity contribution in [3.8, 4) is 17.1 Å². The Morgan fingerprint density at radius 1 is 1.40 bits per heavy atom. The summed E-state index contributed by atoms with van der Waals surface area (Å²) in [5.74, 6) is 1.51. The van der Waals surface area contributed by atoms with Crippen LogP contribution in [0.5, 0.6) is 5.75 Å². The first-order chi connectivity index (χ1) is 7.20. The third-order valence-corrected chi connectivity index (χ3v) is 2.23. The molecule has 0 saturated carbocycles. The molecular weight excluding hydrogens is 214 g/mol. The van der Waals surface area contributed by atoms with Gasteiger partial charge in [-0.15, -0.1) is 5.10 Å². The van der Waals surface area contributed by atoms with Crippen LogP contribution in [0.2, 0.25) is 5.28 Å². The van der Waals surface area contributed by atoms with E-state index in [9.17, 15) is 0 Å². The zero-order valence-electron chi connectivity index (χ0n) is 8.44. The lowest BCUT2D eigenvalue weighted by molar-refractivity contribution is 0.415. The number of aromatic nitrogens is 3. The topological polar surface area (TPSA) is 39.9 Å². The van der Waals surface area contributed by atoms with Crippen molar-refractivity contribution in [3.05, 3.63) is 29.5 Å². The van der Waals surface area contributed by atoms with Gasteiger partial charge in [0.25, 0.3) is 0 Å². The SMILES string of the molecule is COc1cccc(-c2nc(Cl)nn2C)c1. The van der Waals surface area contributed by atoms with Crippen LogP contribution >= 0.6 is 11.6 Å². The van der Waals surface area contributed by atoms with Crippen molar-refractivity contribution in [1.29, 1.82) is 0 Å². The molecule has 2 aromatic rings. The zero-order valence-corrected chi connectivity index (χ0v) is 9.19. The summed E-state index contributed by atoms with van der Waals surface area (Å²) in [5.41, 5.74) is 0.927. The monoisotopic (exact) mass is 223 g/mol. The van der Waals surface area contributed by atoms with E-state index < -0.39 is 0 Å². The molecule has 0 saturated heterocycles. The van der Waals surface area contributed by atoms with Crippen molar-refractivity contribution < 1.29 is 4.74 Å². The number of hydrogen-bond donors (Lipinski definition) is 0. The number of benzene rings is 1. The van der Waals surface area contributed by atoms with E-state index in [4.69, 9.17) is 16.3 Å². The Morgan fingerprint density at radius 3 is 2.80 bits per heavy atom. The van der Waals surface area contributed by atoms with Gasteiger partial charge < -0.3 is 4.74 Å². The number of aryl methyl sites for hydroxylation is 1. The van der Waals surface area contributed by atoms with Gasteiger partial charge in [0.15, 0.2) is 5.82 Å². The van der Waals surface area contributed by atoms with Crippen LogP contribution in [-0.2, 0) is 7.05 Å². The first-order valence-electron chi connectivity index (χ1n) is 4.41. The largest absolute Gasteiger partial charge is 0.497 e. The minimum absolute atomic E-state index is 0.246. The number of ether oxygens (including phenoxy) is 1. The van der Waals surface area contributed by atoms with Gasteiger partial charge in [-0.25, -0.2) is 4.68 Å². The fourth-order valence-electron chi connectivity index (χ4n) is 1.37. The van der Waals surface area contributed by atoms with Crippen LogP contribution in [0.15, 0.2) is 24.3 Å². The Kier molecular flexibility index (Phi) is 2.60. The molecule has 0 N–H and O–H groups in total. The third-order valence-electron chi connectivity index (χ3n) is 2.07. The van der Waals surface area contributed by atoms with Crippen LogP contribution < -0.4 is 4.74 Å². The third kappa shape index (κ3) is 1.94. The number of hydrogen-bond acceptors (Lipinski definition) is 3. The molecule has 78 valence electrons. The molecule has 0 fully saturated rings. The quantitative estimate of drug-likeness (QED) is 0.783. The Bertz CT molecular complexity index is 481. The van der Waals surface area contributed by atoms with Crippen molar-refractivity contribution in [2.75, 3.05) is 7.11 Å². The van der Waals surface area contributed by atoms with Crippen molar-refractivity contribution in [3.63, 3.8) is 0 Å². The van der Waals surface area contributed by atoms with Crippen LogP contribution in [0, 0.1) is 0 Å². The maximum atomic E-state index is 5.71. The molecule has 1 aromatic heterocycles. The fraction of sp³-hybridized carbons (Fsp3) is 0.200. The second kappa shape index (κ2) is 3.90. The molecule has 0 unspecified atom stereocenters. The second-order valence-electron chi connectivity index (χ2n) is 3.06. The molecule has 1 heterocycles. The smallest absolute Gasteiger partial charge is 0.242 e. The molecule has 4 nitrogen and oxygen atoms in total. The number of rotatable bonds is 2. The number of methoxy groups -OCH3 is 1. The van der Waals surface area contributed by atoms with Crippen molar-refractivity contribution in [2.45, 2.75) is 0 Å². The Morgan fingerprint density at radius 2 is 2.20 bits per heavy atom. The van der Waals surface area contributed by atoms with E-state index in [1.54, 1.807) is 18.8 Å². The van der Waals surface area contributed by atoms with Gasteiger partial charge >= 0.3 is 0 Å². The van der Waals surface area contributed by atoms with Gasteiger partial charge in [0.2, 0.25) is 5.28 Å². The van der Waals surface area contributed by atoms with Gasteiger partial charge in [-0.05, 0) is 23.7 Å². The van der Waals surface area contributed by atoms with Crippen LogP contribution in [0.3, 0.4) is 0 Å². The molecule has 0 atom stereocenters. The summed E-state index contributed by atoms with van der Waals surface area (Å²) in [4.78, 5) is 4.12. The van der Waals surface area contributed by atoms with Crippen LogP contribution in [0.4, 0.5) is 0 Å². The minimum Gasteiger partial charge on any atom is -0.497 e. The molecule has 0 spiro atoms. The normalized spacial score (nSPS) is 10.3. The maximum Gasteiger partial charge on any atom is 0.242 e.